The maximum Gasteiger partial charge on any atom is 0.272 e. The molecule has 2 aliphatic heterocycles. The van der Waals surface area contributed by atoms with Gasteiger partial charge >= 0.3 is 0 Å². The van der Waals surface area contributed by atoms with Crippen LogP contribution in [0.15, 0.2) is 17.1 Å². The Kier molecular flexibility index (Phi) is 6.43. The molecule has 1 atom stereocenters. The number of rotatable bonds is 6. The van der Waals surface area contributed by atoms with Crippen molar-refractivity contribution >= 4 is 11.8 Å². The molecular weight excluding hydrogens is 408 g/mol. The fraction of sp³-hybridized carbons (Fsp3) is 0.609. The summed E-state index contributed by atoms with van der Waals surface area (Å²) in [6.45, 7) is 8.05. The Bertz CT molecular complexity index is 1050. The molecule has 0 bridgehead atoms. The summed E-state index contributed by atoms with van der Waals surface area (Å²) in [5.41, 5.74) is 1.58. The van der Waals surface area contributed by atoms with Crippen LogP contribution in [-0.2, 0) is 24.3 Å². The normalized spacial score (nSPS) is 18.3. The van der Waals surface area contributed by atoms with Gasteiger partial charge < -0.3 is 14.8 Å². The number of nitrogens with one attached hydrogen (secondary N) is 1. The third kappa shape index (κ3) is 3.96. The summed E-state index contributed by atoms with van der Waals surface area (Å²) < 4.78 is 1.66. The van der Waals surface area contributed by atoms with Gasteiger partial charge in [0.05, 0.1) is 23.8 Å². The molecule has 9 heteroatoms. The van der Waals surface area contributed by atoms with Gasteiger partial charge in [-0.1, -0.05) is 13.8 Å². The Balaban J connectivity index is 1.56. The second-order valence-electron chi connectivity index (χ2n) is 8.59. The number of amides is 2. The monoisotopic (exact) mass is 440 g/mol. The second-order valence-corrected chi connectivity index (χ2v) is 8.59. The number of likely N-dealkylation sites (tertiary alicyclic amines) is 1. The zero-order valence-electron chi connectivity index (χ0n) is 19.1. The molecule has 2 amide bonds. The molecule has 172 valence electrons. The van der Waals surface area contributed by atoms with Crippen LogP contribution in [0.3, 0.4) is 0 Å². The molecule has 2 aromatic heterocycles. The van der Waals surface area contributed by atoms with E-state index in [-0.39, 0.29) is 35.9 Å². The van der Waals surface area contributed by atoms with Crippen LogP contribution in [0.5, 0.6) is 0 Å². The van der Waals surface area contributed by atoms with E-state index in [4.69, 9.17) is 4.98 Å². The number of nitrogens with zero attached hydrogens (tertiary/aromatic N) is 5. The van der Waals surface area contributed by atoms with Gasteiger partial charge in [-0.15, -0.1) is 0 Å². The predicted octanol–water partition coefficient (Wildman–Crippen LogP) is 2.28. The van der Waals surface area contributed by atoms with Crippen molar-refractivity contribution in [2.24, 2.45) is 5.92 Å². The molecule has 2 aromatic rings. The summed E-state index contributed by atoms with van der Waals surface area (Å²) in [6, 6.07) is 1.53. The van der Waals surface area contributed by atoms with E-state index in [1.807, 2.05) is 25.7 Å². The molecule has 1 fully saturated rings. The van der Waals surface area contributed by atoms with Crippen LogP contribution in [0.2, 0.25) is 0 Å². The predicted molar refractivity (Wildman–Crippen MR) is 119 cm³/mol. The average Bonchev–Trinajstić information content (AvgIpc) is 3.48. The Morgan fingerprint density at radius 2 is 2.00 bits per heavy atom. The van der Waals surface area contributed by atoms with E-state index in [1.54, 1.807) is 21.8 Å². The third-order valence-electron chi connectivity index (χ3n) is 6.80. The lowest BCUT2D eigenvalue weighted by atomic mass is 10.0. The van der Waals surface area contributed by atoms with Gasteiger partial charge in [0.2, 0.25) is 5.91 Å². The molecule has 1 N–H and O–H groups in total. The number of carbonyl (C=O) groups excluding carboxylic acids is 2. The van der Waals surface area contributed by atoms with Crippen molar-refractivity contribution in [3.05, 3.63) is 45.4 Å². The molecule has 4 rings (SSSR count). The first-order valence-electron chi connectivity index (χ1n) is 11.7. The largest absolute Gasteiger partial charge is 0.332 e. The van der Waals surface area contributed by atoms with Crippen molar-refractivity contribution in [1.29, 1.82) is 0 Å². The molecule has 0 saturated carbocycles. The van der Waals surface area contributed by atoms with Crippen LogP contribution in [-0.4, -0.2) is 54.5 Å². The lowest BCUT2D eigenvalue weighted by Crippen LogP contribution is -2.41. The molecule has 9 nitrogen and oxygen atoms in total. The number of fused-ring (bicyclic) bond motifs is 1. The molecule has 0 aliphatic carbocycles. The van der Waals surface area contributed by atoms with E-state index in [0.29, 0.717) is 43.1 Å². The first kappa shape index (κ1) is 22.2. The molecule has 1 saturated heterocycles. The molecule has 0 aromatic carbocycles. The molecular formula is C23H32N6O3. The minimum Gasteiger partial charge on any atom is -0.332 e. The molecule has 0 radical (unpaired) electrons. The quantitative estimate of drug-likeness (QED) is 0.742. The first-order valence-corrected chi connectivity index (χ1v) is 11.7. The summed E-state index contributed by atoms with van der Waals surface area (Å²) in [5, 5.41) is 4.17. The number of H-pyrrole nitrogens is 1. The van der Waals surface area contributed by atoms with Gasteiger partial charge in [0.15, 0.2) is 0 Å². The molecule has 2 aliphatic rings. The van der Waals surface area contributed by atoms with Crippen LogP contribution in [0.1, 0.15) is 80.1 Å². The highest BCUT2D eigenvalue weighted by molar-refractivity contribution is 5.92. The smallest absolute Gasteiger partial charge is 0.272 e. The van der Waals surface area contributed by atoms with Crippen molar-refractivity contribution in [1.82, 2.24) is 29.5 Å². The van der Waals surface area contributed by atoms with Crippen LogP contribution in [0.25, 0.3) is 0 Å². The zero-order chi connectivity index (χ0) is 22.8. The van der Waals surface area contributed by atoms with E-state index in [2.05, 4.69) is 10.1 Å². The maximum absolute atomic E-state index is 13.0. The Labute approximate surface area is 187 Å². The van der Waals surface area contributed by atoms with E-state index < -0.39 is 0 Å². The molecule has 32 heavy (non-hydrogen) atoms. The Morgan fingerprint density at radius 3 is 2.72 bits per heavy atom. The number of aromatic amines is 1. The summed E-state index contributed by atoms with van der Waals surface area (Å²) in [7, 11) is 0. The van der Waals surface area contributed by atoms with E-state index in [1.165, 1.54) is 0 Å². The van der Waals surface area contributed by atoms with Crippen molar-refractivity contribution < 1.29 is 9.59 Å². The summed E-state index contributed by atoms with van der Waals surface area (Å²) >= 11 is 0. The number of aromatic nitrogens is 4. The lowest BCUT2D eigenvalue weighted by Gasteiger charge is -2.30. The van der Waals surface area contributed by atoms with E-state index in [9.17, 15) is 14.4 Å². The van der Waals surface area contributed by atoms with Crippen molar-refractivity contribution in [3.63, 3.8) is 0 Å². The summed E-state index contributed by atoms with van der Waals surface area (Å²) in [4.78, 5) is 50.3. The number of aryl methyl sites for hydroxylation is 1. The van der Waals surface area contributed by atoms with Gasteiger partial charge in [0.25, 0.3) is 11.5 Å². The van der Waals surface area contributed by atoms with Crippen molar-refractivity contribution in [3.8, 4) is 0 Å². The Hall–Kier alpha value is -2.97. The SMILES string of the molecule is CCC(CC)C(=O)N1CCCC1c1nc2c(c(=O)[nH]1)CN(C(=O)c1ccnn1CC)CC2. The maximum atomic E-state index is 13.0. The summed E-state index contributed by atoms with van der Waals surface area (Å²) in [6.07, 6.45) is 5.47. The fourth-order valence-electron chi connectivity index (χ4n) is 4.89. The van der Waals surface area contributed by atoms with Gasteiger partial charge in [-0.2, -0.15) is 5.10 Å². The number of hydrogen-bond acceptors (Lipinski definition) is 5. The van der Waals surface area contributed by atoms with Crippen LogP contribution in [0.4, 0.5) is 0 Å². The topological polar surface area (TPSA) is 104 Å². The van der Waals surface area contributed by atoms with Crippen LogP contribution in [0, 0.1) is 5.92 Å². The van der Waals surface area contributed by atoms with E-state index in [0.717, 1.165) is 31.4 Å². The first-order chi connectivity index (χ1) is 15.5. The average molecular weight is 441 g/mol. The summed E-state index contributed by atoms with van der Waals surface area (Å²) in [5.74, 6) is 0.615. The highest BCUT2D eigenvalue weighted by atomic mass is 16.2. The number of carbonyl (C=O) groups is 2. The standard InChI is InChI=1S/C23H32N6O3/c1-4-15(5-2)22(31)28-12-7-8-18(28)20-25-17-10-13-27(14-16(17)21(30)26-20)23(32)19-9-11-24-29(19)6-3/h9,11,15,18H,4-8,10,12-14H2,1-3H3,(H,25,26,30). The molecule has 0 spiro atoms. The van der Waals surface area contributed by atoms with E-state index >= 15 is 0 Å². The minimum atomic E-state index is -0.215. The highest BCUT2D eigenvalue weighted by Crippen LogP contribution is 2.32. The zero-order valence-corrected chi connectivity index (χ0v) is 19.1. The lowest BCUT2D eigenvalue weighted by molar-refractivity contribution is -0.136. The van der Waals surface area contributed by atoms with Crippen molar-refractivity contribution in [2.75, 3.05) is 13.1 Å². The fourth-order valence-corrected chi connectivity index (χ4v) is 4.89. The van der Waals surface area contributed by atoms with Crippen molar-refractivity contribution in [2.45, 2.75) is 72.0 Å². The minimum absolute atomic E-state index is 0.0103. The number of hydrogen-bond donors (Lipinski definition) is 1. The van der Waals surface area contributed by atoms with Gasteiger partial charge in [-0.3, -0.25) is 19.1 Å². The molecule has 1 unspecified atom stereocenters. The third-order valence-corrected chi connectivity index (χ3v) is 6.80. The Morgan fingerprint density at radius 1 is 1.22 bits per heavy atom. The van der Waals surface area contributed by atoms with Gasteiger partial charge in [0, 0.05) is 38.2 Å². The second kappa shape index (κ2) is 9.26. The van der Waals surface area contributed by atoms with Gasteiger partial charge in [-0.05, 0) is 38.7 Å². The highest BCUT2D eigenvalue weighted by Gasteiger charge is 2.35. The van der Waals surface area contributed by atoms with Crippen LogP contribution >= 0.6 is 0 Å². The van der Waals surface area contributed by atoms with Gasteiger partial charge in [0.1, 0.15) is 11.5 Å². The van der Waals surface area contributed by atoms with Crippen LogP contribution < -0.4 is 5.56 Å². The van der Waals surface area contributed by atoms with Gasteiger partial charge in [-0.25, -0.2) is 4.98 Å². The molecule has 4 heterocycles.